The maximum absolute atomic E-state index is 12.9. The Morgan fingerprint density at radius 3 is 2.32 bits per heavy atom. The summed E-state index contributed by atoms with van der Waals surface area (Å²) >= 11 is 0. The molecule has 5 aliphatic rings. The molecule has 4 saturated carbocycles. The first-order valence-electron chi connectivity index (χ1n) is 10.7. The van der Waals surface area contributed by atoms with Crippen molar-refractivity contribution >= 4 is 17.3 Å². The van der Waals surface area contributed by atoms with E-state index in [0.29, 0.717) is 23.1 Å². The molecule has 1 amide bonds. The number of carbonyl (C=O) groups excluding carboxylic acids is 1. The number of benzene rings is 1. The average Bonchev–Trinajstić information content (AvgIpc) is 2.70. The van der Waals surface area contributed by atoms with Crippen molar-refractivity contribution in [1.82, 2.24) is 5.32 Å². The lowest BCUT2D eigenvalue weighted by Gasteiger charge is -2.54. The van der Waals surface area contributed by atoms with Gasteiger partial charge in [0.15, 0.2) is 0 Å². The minimum atomic E-state index is -0.354. The lowest BCUT2D eigenvalue weighted by molar-refractivity contribution is -0.655. The summed E-state index contributed by atoms with van der Waals surface area (Å²) in [7, 11) is 0. The predicted molar refractivity (Wildman–Crippen MR) is 105 cm³/mol. The van der Waals surface area contributed by atoms with Gasteiger partial charge in [-0.2, -0.15) is 0 Å². The van der Waals surface area contributed by atoms with Crippen molar-refractivity contribution in [3.05, 3.63) is 33.9 Å². The van der Waals surface area contributed by atoms with Gasteiger partial charge in [-0.05, 0) is 67.9 Å². The van der Waals surface area contributed by atoms with Crippen LogP contribution in [0.5, 0.6) is 0 Å². The van der Waals surface area contributed by atoms with Gasteiger partial charge in [0.25, 0.3) is 11.6 Å². The second kappa shape index (κ2) is 7.03. The summed E-state index contributed by atoms with van der Waals surface area (Å²) in [6.45, 7) is 3.46. The van der Waals surface area contributed by atoms with E-state index in [4.69, 9.17) is 0 Å². The van der Waals surface area contributed by atoms with Crippen LogP contribution in [-0.2, 0) is 0 Å². The van der Waals surface area contributed by atoms with Crippen LogP contribution in [-0.4, -0.2) is 43.1 Å². The number of nitro groups is 1. The molecule has 0 aromatic heterocycles. The van der Waals surface area contributed by atoms with Crippen LogP contribution in [0.4, 0.5) is 11.4 Å². The van der Waals surface area contributed by atoms with Crippen molar-refractivity contribution in [3.63, 3.8) is 0 Å². The summed E-state index contributed by atoms with van der Waals surface area (Å²) in [5.74, 6) is 2.76. The van der Waals surface area contributed by atoms with Gasteiger partial charge in [0.05, 0.1) is 31.1 Å². The molecular formula is C21H29N4O3+. The summed E-state index contributed by atoms with van der Waals surface area (Å²) in [4.78, 5) is 26.3. The molecule has 4 aliphatic carbocycles. The van der Waals surface area contributed by atoms with E-state index in [2.05, 4.69) is 15.5 Å². The highest BCUT2D eigenvalue weighted by atomic mass is 16.6. The summed E-state index contributed by atoms with van der Waals surface area (Å²) in [6, 6.07) is 5.23. The molecule has 7 heteroatoms. The third-order valence-corrected chi connectivity index (χ3v) is 7.51. The molecule has 28 heavy (non-hydrogen) atoms. The minimum Gasteiger partial charge on any atom is -0.355 e. The fourth-order valence-electron chi connectivity index (χ4n) is 6.47. The van der Waals surface area contributed by atoms with Crippen LogP contribution in [0.2, 0.25) is 0 Å². The number of amides is 1. The van der Waals surface area contributed by atoms with E-state index < -0.39 is 0 Å². The van der Waals surface area contributed by atoms with Gasteiger partial charge in [-0.3, -0.25) is 14.9 Å². The molecule has 5 fully saturated rings. The Bertz CT molecular complexity index is 762. The van der Waals surface area contributed by atoms with Gasteiger partial charge in [0.2, 0.25) is 0 Å². The number of nitro benzene ring substituents is 1. The molecule has 0 atom stereocenters. The molecule has 0 spiro atoms. The molecule has 0 unspecified atom stereocenters. The summed E-state index contributed by atoms with van der Waals surface area (Å²) in [6.07, 6.45) is 6.34. The van der Waals surface area contributed by atoms with Crippen molar-refractivity contribution in [1.29, 1.82) is 0 Å². The molecule has 150 valence electrons. The number of hydrogen-bond donors (Lipinski definition) is 2. The monoisotopic (exact) mass is 385 g/mol. The van der Waals surface area contributed by atoms with Gasteiger partial charge in [0.1, 0.15) is 5.69 Å². The Balaban J connectivity index is 1.35. The molecule has 1 saturated heterocycles. The number of rotatable bonds is 4. The first kappa shape index (κ1) is 17.9. The first-order valence-corrected chi connectivity index (χ1v) is 10.7. The Labute approximate surface area is 165 Å². The van der Waals surface area contributed by atoms with Crippen LogP contribution in [0.25, 0.3) is 0 Å². The zero-order valence-corrected chi connectivity index (χ0v) is 16.2. The van der Waals surface area contributed by atoms with Gasteiger partial charge in [-0.25, -0.2) is 0 Å². The SMILES string of the molecule is O=C(NC1C2CC3CC(C2)CC1C3)c1ccc(N2CC[NH2+]CC2)c([N+](=O)[O-])c1. The molecule has 1 aliphatic heterocycles. The van der Waals surface area contributed by atoms with Gasteiger partial charge < -0.3 is 15.5 Å². The maximum atomic E-state index is 12.9. The van der Waals surface area contributed by atoms with Crippen molar-refractivity contribution in [2.45, 2.75) is 38.1 Å². The Morgan fingerprint density at radius 2 is 1.71 bits per heavy atom. The molecule has 0 radical (unpaired) electrons. The van der Waals surface area contributed by atoms with E-state index in [0.717, 1.165) is 38.0 Å². The number of carbonyl (C=O) groups is 1. The molecule has 6 rings (SSSR count). The van der Waals surface area contributed by atoms with Crippen LogP contribution in [0.1, 0.15) is 42.5 Å². The average molecular weight is 385 g/mol. The third kappa shape index (κ3) is 3.15. The normalized spacial score (nSPS) is 33.7. The van der Waals surface area contributed by atoms with Crippen molar-refractivity contribution in [2.24, 2.45) is 23.7 Å². The van der Waals surface area contributed by atoms with E-state index >= 15 is 0 Å². The van der Waals surface area contributed by atoms with Gasteiger partial charge in [-0.1, -0.05) is 0 Å². The molecule has 1 aromatic carbocycles. The number of quaternary nitrogens is 1. The zero-order chi connectivity index (χ0) is 19.3. The standard InChI is InChI=1S/C21H28N4O3/c26-21(23-20-16-8-13-7-14(10-16)11-17(20)9-13)15-1-2-18(19(12-15)25(27)28)24-5-3-22-4-6-24/h1-2,12-14,16-17,20,22H,3-11H2,(H,23,26)/p+1. The fraction of sp³-hybridized carbons (Fsp3) is 0.667. The van der Waals surface area contributed by atoms with E-state index in [9.17, 15) is 14.9 Å². The second-order valence-corrected chi connectivity index (χ2v) is 9.24. The topological polar surface area (TPSA) is 92.1 Å². The number of piperazine rings is 1. The molecule has 1 heterocycles. The highest BCUT2D eigenvalue weighted by Gasteiger charge is 2.48. The van der Waals surface area contributed by atoms with Gasteiger partial charge in [-0.15, -0.1) is 0 Å². The number of nitrogens with one attached hydrogen (secondary N) is 1. The second-order valence-electron chi connectivity index (χ2n) is 9.24. The smallest absolute Gasteiger partial charge is 0.293 e. The molecular weight excluding hydrogens is 356 g/mol. The Hall–Kier alpha value is -2.15. The van der Waals surface area contributed by atoms with Crippen LogP contribution < -0.4 is 15.5 Å². The highest BCUT2D eigenvalue weighted by Crippen LogP contribution is 2.53. The maximum Gasteiger partial charge on any atom is 0.293 e. The molecule has 4 bridgehead atoms. The predicted octanol–water partition coefficient (Wildman–Crippen LogP) is 1.53. The lowest BCUT2D eigenvalue weighted by atomic mass is 9.54. The first-order chi connectivity index (χ1) is 13.6. The summed E-state index contributed by atoms with van der Waals surface area (Å²) < 4.78 is 0. The van der Waals surface area contributed by atoms with Crippen molar-refractivity contribution < 1.29 is 15.0 Å². The quantitative estimate of drug-likeness (QED) is 0.607. The lowest BCUT2D eigenvalue weighted by Crippen LogP contribution is -2.89. The number of nitrogens with two attached hydrogens (primary N) is 1. The van der Waals surface area contributed by atoms with Crippen LogP contribution in [0, 0.1) is 33.8 Å². The molecule has 3 N–H and O–H groups in total. The van der Waals surface area contributed by atoms with E-state index in [1.165, 1.54) is 38.2 Å². The summed E-state index contributed by atoms with van der Waals surface area (Å²) in [5.41, 5.74) is 1.08. The van der Waals surface area contributed by atoms with E-state index in [1.807, 2.05) is 0 Å². The summed E-state index contributed by atoms with van der Waals surface area (Å²) in [5, 5.41) is 17.1. The van der Waals surface area contributed by atoms with Crippen molar-refractivity contribution in [2.75, 3.05) is 31.1 Å². The number of hydrogen-bond acceptors (Lipinski definition) is 4. The highest BCUT2D eigenvalue weighted by molar-refractivity contribution is 5.96. The van der Waals surface area contributed by atoms with Crippen LogP contribution in [0.15, 0.2) is 18.2 Å². The molecule has 7 nitrogen and oxygen atoms in total. The number of nitrogens with zero attached hydrogens (tertiary/aromatic N) is 2. The van der Waals surface area contributed by atoms with Gasteiger partial charge in [0, 0.05) is 17.7 Å². The molecule has 1 aromatic rings. The van der Waals surface area contributed by atoms with Crippen LogP contribution >= 0.6 is 0 Å². The zero-order valence-electron chi connectivity index (χ0n) is 16.2. The fourth-order valence-corrected chi connectivity index (χ4v) is 6.47. The Morgan fingerprint density at radius 1 is 1.07 bits per heavy atom. The van der Waals surface area contributed by atoms with Crippen LogP contribution in [0.3, 0.4) is 0 Å². The Kier molecular flexibility index (Phi) is 4.50. The number of anilines is 1. The van der Waals surface area contributed by atoms with E-state index in [-0.39, 0.29) is 22.6 Å². The largest absolute Gasteiger partial charge is 0.355 e. The minimum absolute atomic E-state index is 0.0413. The third-order valence-electron chi connectivity index (χ3n) is 7.51. The van der Waals surface area contributed by atoms with E-state index in [1.54, 1.807) is 12.1 Å². The van der Waals surface area contributed by atoms with Gasteiger partial charge >= 0.3 is 0 Å². The van der Waals surface area contributed by atoms with Crippen molar-refractivity contribution in [3.8, 4) is 0 Å².